The Bertz CT molecular complexity index is 199. The van der Waals surface area contributed by atoms with Crippen molar-refractivity contribution in [3.63, 3.8) is 0 Å². The Morgan fingerprint density at radius 2 is 1.82 bits per heavy atom. The quantitative estimate of drug-likeness (QED) is 0.678. The third-order valence-corrected chi connectivity index (χ3v) is 4.07. The maximum absolute atomic E-state index is 9.61. The van der Waals surface area contributed by atoms with Gasteiger partial charge in [-0.1, -0.05) is 13.8 Å². The lowest BCUT2D eigenvalue weighted by atomic mass is 9.88. The van der Waals surface area contributed by atoms with Gasteiger partial charge in [-0.05, 0) is 46.1 Å². The third kappa shape index (κ3) is 4.54. The van der Waals surface area contributed by atoms with E-state index in [4.69, 9.17) is 0 Å². The first-order valence-corrected chi connectivity index (χ1v) is 6.92. The van der Waals surface area contributed by atoms with Gasteiger partial charge in [0.2, 0.25) is 0 Å². The maximum Gasteiger partial charge on any atom is 0.0614 e. The first-order valence-electron chi connectivity index (χ1n) is 6.92. The van der Waals surface area contributed by atoms with E-state index in [1.54, 1.807) is 0 Å². The molecule has 1 aliphatic rings. The monoisotopic (exact) mass is 243 g/mol. The highest BCUT2D eigenvalue weighted by Gasteiger charge is 2.32. The first-order chi connectivity index (χ1) is 8.15. The van der Waals surface area contributed by atoms with Crippen molar-refractivity contribution in [3.05, 3.63) is 0 Å². The lowest BCUT2D eigenvalue weighted by molar-refractivity contribution is 0.0868. The maximum atomic E-state index is 9.61. The van der Waals surface area contributed by atoms with Crippen LogP contribution in [0.1, 0.15) is 26.7 Å². The van der Waals surface area contributed by atoms with E-state index in [2.05, 4.69) is 36.0 Å². The number of aliphatic hydroxyl groups excluding tert-OH is 1. The van der Waals surface area contributed by atoms with Gasteiger partial charge in [0.1, 0.15) is 0 Å². The van der Waals surface area contributed by atoms with E-state index in [-0.39, 0.29) is 12.1 Å². The van der Waals surface area contributed by atoms with Gasteiger partial charge in [-0.15, -0.1) is 0 Å². The number of rotatable bonds is 7. The molecule has 2 N–H and O–H groups in total. The Morgan fingerprint density at radius 1 is 1.24 bits per heavy atom. The van der Waals surface area contributed by atoms with Crippen LogP contribution in [0, 0.1) is 0 Å². The number of aliphatic hydroxyl groups is 1. The molecule has 1 saturated heterocycles. The van der Waals surface area contributed by atoms with E-state index >= 15 is 0 Å². The molecule has 0 aliphatic carbocycles. The molecule has 1 aliphatic heterocycles. The van der Waals surface area contributed by atoms with Crippen LogP contribution in [-0.2, 0) is 0 Å². The number of nitrogens with one attached hydrogen (secondary N) is 1. The molecule has 0 aromatic rings. The lowest BCUT2D eigenvalue weighted by Gasteiger charge is -2.40. The van der Waals surface area contributed by atoms with Gasteiger partial charge < -0.3 is 20.2 Å². The van der Waals surface area contributed by atoms with Gasteiger partial charge in [-0.25, -0.2) is 0 Å². The minimum absolute atomic E-state index is 0.0281. The van der Waals surface area contributed by atoms with Gasteiger partial charge in [-0.3, -0.25) is 0 Å². The number of hydrogen-bond donors (Lipinski definition) is 2. The highest BCUT2D eigenvalue weighted by Crippen LogP contribution is 2.20. The molecule has 0 aromatic heterocycles. The number of likely N-dealkylation sites (tertiary alicyclic amines) is 1. The molecular formula is C13H29N3O. The highest BCUT2D eigenvalue weighted by atomic mass is 16.3. The Labute approximate surface area is 106 Å². The van der Waals surface area contributed by atoms with E-state index in [1.165, 1.54) is 0 Å². The molecule has 0 radical (unpaired) electrons. The summed E-state index contributed by atoms with van der Waals surface area (Å²) in [6, 6.07) is 0. The molecule has 0 amide bonds. The number of piperidine rings is 1. The largest absolute Gasteiger partial charge is 0.394 e. The molecule has 0 bridgehead atoms. The van der Waals surface area contributed by atoms with Crippen LogP contribution in [0.5, 0.6) is 0 Å². The summed E-state index contributed by atoms with van der Waals surface area (Å²) in [4.78, 5) is 4.74. The number of likely N-dealkylation sites (N-methyl/N-ethyl adjacent to an activating group) is 1. The van der Waals surface area contributed by atoms with Crippen LogP contribution < -0.4 is 5.32 Å². The van der Waals surface area contributed by atoms with Gasteiger partial charge in [0, 0.05) is 18.6 Å². The van der Waals surface area contributed by atoms with Gasteiger partial charge in [0.15, 0.2) is 0 Å². The van der Waals surface area contributed by atoms with Crippen LogP contribution >= 0.6 is 0 Å². The molecule has 0 spiro atoms. The predicted octanol–water partition coefficient (Wildman–Crippen LogP) is 0.375. The molecule has 0 atom stereocenters. The third-order valence-electron chi connectivity index (χ3n) is 4.07. The molecule has 0 saturated carbocycles. The zero-order chi connectivity index (χ0) is 12.7. The van der Waals surface area contributed by atoms with Gasteiger partial charge in [0.25, 0.3) is 0 Å². The van der Waals surface area contributed by atoms with Crippen molar-refractivity contribution in [3.8, 4) is 0 Å². The van der Waals surface area contributed by atoms with Crippen molar-refractivity contribution < 1.29 is 5.11 Å². The molecular weight excluding hydrogens is 214 g/mol. The fourth-order valence-electron chi connectivity index (χ4n) is 2.46. The van der Waals surface area contributed by atoms with Gasteiger partial charge in [-0.2, -0.15) is 0 Å². The predicted molar refractivity (Wildman–Crippen MR) is 72.3 cm³/mol. The van der Waals surface area contributed by atoms with Crippen LogP contribution in [0.25, 0.3) is 0 Å². The van der Waals surface area contributed by atoms with Crippen LogP contribution in [-0.4, -0.2) is 73.4 Å². The standard InChI is InChI=1S/C13H29N3O/c1-4-16(5-2)11-8-14-13(12-17)6-9-15(3)10-7-13/h14,17H,4-12H2,1-3H3. The Hall–Kier alpha value is -0.160. The number of hydrogen-bond acceptors (Lipinski definition) is 4. The normalized spacial score (nSPS) is 21.0. The van der Waals surface area contributed by atoms with Crippen LogP contribution in [0.15, 0.2) is 0 Å². The number of nitrogens with zero attached hydrogens (tertiary/aromatic N) is 2. The summed E-state index contributed by atoms with van der Waals surface area (Å²) in [5, 5.41) is 13.2. The zero-order valence-corrected chi connectivity index (χ0v) is 11.7. The zero-order valence-electron chi connectivity index (χ0n) is 11.7. The van der Waals surface area contributed by atoms with Crippen LogP contribution in [0.3, 0.4) is 0 Å². The van der Waals surface area contributed by atoms with E-state index in [0.717, 1.165) is 52.1 Å². The average molecular weight is 243 g/mol. The summed E-state index contributed by atoms with van der Waals surface area (Å²) in [5.41, 5.74) is -0.0281. The fourth-order valence-corrected chi connectivity index (χ4v) is 2.46. The second-order valence-corrected chi connectivity index (χ2v) is 5.20. The topological polar surface area (TPSA) is 38.7 Å². The summed E-state index contributed by atoms with van der Waals surface area (Å²) in [5.74, 6) is 0. The summed E-state index contributed by atoms with van der Waals surface area (Å²) in [7, 11) is 2.15. The molecule has 1 rings (SSSR count). The SMILES string of the molecule is CCN(CC)CCNC1(CO)CCN(C)CC1. The molecule has 4 nitrogen and oxygen atoms in total. The van der Waals surface area contributed by atoms with Gasteiger partial charge in [0.05, 0.1) is 6.61 Å². The van der Waals surface area contributed by atoms with E-state index in [1.807, 2.05) is 0 Å². The molecule has 1 heterocycles. The molecule has 102 valence electrons. The minimum atomic E-state index is -0.0281. The second kappa shape index (κ2) is 7.31. The average Bonchev–Trinajstić information content (AvgIpc) is 2.37. The van der Waals surface area contributed by atoms with Crippen molar-refractivity contribution in [2.45, 2.75) is 32.2 Å². The smallest absolute Gasteiger partial charge is 0.0614 e. The van der Waals surface area contributed by atoms with Crippen molar-refractivity contribution in [2.24, 2.45) is 0 Å². The molecule has 1 fully saturated rings. The van der Waals surface area contributed by atoms with Crippen LogP contribution in [0.2, 0.25) is 0 Å². The summed E-state index contributed by atoms with van der Waals surface area (Å²) >= 11 is 0. The first kappa shape index (κ1) is 14.9. The highest BCUT2D eigenvalue weighted by molar-refractivity contribution is 4.92. The van der Waals surface area contributed by atoms with E-state index < -0.39 is 0 Å². The Balaban J connectivity index is 2.31. The van der Waals surface area contributed by atoms with E-state index in [9.17, 15) is 5.11 Å². The van der Waals surface area contributed by atoms with Crippen molar-refractivity contribution >= 4 is 0 Å². The lowest BCUT2D eigenvalue weighted by Crippen LogP contribution is -2.56. The van der Waals surface area contributed by atoms with Gasteiger partial charge >= 0.3 is 0 Å². The summed E-state index contributed by atoms with van der Waals surface area (Å²) < 4.78 is 0. The summed E-state index contributed by atoms with van der Waals surface area (Å²) in [6.45, 7) is 11.1. The Kier molecular flexibility index (Phi) is 6.41. The molecule has 0 aromatic carbocycles. The van der Waals surface area contributed by atoms with Crippen molar-refractivity contribution in [1.82, 2.24) is 15.1 Å². The second-order valence-electron chi connectivity index (χ2n) is 5.20. The fraction of sp³-hybridized carbons (Fsp3) is 1.00. The summed E-state index contributed by atoms with van der Waals surface area (Å²) in [6.07, 6.45) is 2.11. The van der Waals surface area contributed by atoms with Crippen molar-refractivity contribution in [2.75, 3.05) is 52.9 Å². The minimum Gasteiger partial charge on any atom is -0.394 e. The molecule has 0 unspecified atom stereocenters. The molecule has 17 heavy (non-hydrogen) atoms. The van der Waals surface area contributed by atoms with Crippen molar-refractivity contribution in [1.29, 1.82) is 0 Å². The molecule has 4 heteroatoms. The van der Waals surface area contributed by atoms with E-state index in [0.29, 0.717) is 0 Å². The Morgan fingerprint density at radius 3 is 2.29 bits per heavy atom. The van der Waals surface area contributed by atoms with Crippen LogP contribution in [0.4, 0.5) is 0 Å².